The van der Waals surface area contributed by atoms with E-state index in [9.17, 15) is 44.4 Å². The number of anilines is 3. The second kappa shape index (κ2) is 26.5. The van der Waals surface area contributed by atoms with Crippen molar-refractivity contribution in [2.75, 3.05) is 106 Å². The quantitative estimate of drug-likeness (QED) is 0.0497. The van der Waals surface area contributed by atoms with Crippen molar-refractivity contribution >= 4 is 83.6 Å². The number of sulfonamides is 1. The van der Waals surface area contributed by atoms with E-state index in [1.807, 2.05) is 71.5 Å². The third-order valence-electron chi connectivity index (χ3n) is 16.6. The summed E-state index contributed by atoms with van der Waals surface area (Å²) in [5.74, 6) is -1.01. The van der Waals surface area contributed by atoms with Crippen LogP contribution in [0.5, 0.6) is 0 Å². The van der Waals surface area contributed by atoms with Crippen molar-refractivity contribution in [2.45, 2.75) is 83.5 Å². The van der Waals surface area contributed by atoms with Crippen LogP contribution in [0.3, 0.4) is 0 Å². The largest absolute Gasteiger partial charge is 0.501 e. The average molecular weight is 1220 g/mol. The molecule has 0 bridgehead atoms. The lowest BCUT2D eigenvalue weighted by Crippen LogP contribution is -2.55. The van der Waals surface area contributed by atoms with Gasteiger partial charge >= 0.3 is 5.51 Å². The molecule has 10 rings (SSSR count). The zero-order chi connectivity index (χ0) is 58.3. The number of benzene rings is 5. The van der Waals surface area contributed by atoms with Crippen LogP contribution in [0.4, 0.5) is 30.2 Å². The number of piperidine rings is 1. The third kappa shape index (κ3) is 15.1. The predicted molar refractivity (Wildman–Crippen MR) is 320 cm³/mol. The van der Waals surface area contributed by atoms with Gasteiger partial charge in [-0.2, -0.15) is 13.2 Å². The highest BCUT2D eigenvalue weighted by Crippen LogP contribution is 2.38. The first-order valence-electron chi connectivity index (χ1n) is 28.5. The van der Waals surface area contributed by atoms with Crippen molar-refractivity contribution in [3.05, 3.63) is 149 Å². The van der Waals surface area contributed by atoms with E-state index in [2.05, 4.69) is 47.3 Å². The lowest BCUT2D eigenvalue weighted by Gasteiger charge is -2.45. The Morgan fingerprint density at radius 3 is 2.06 bits per heavy atom. The van der Waals surface area contributed by atoms with Crippen molar-refractivity contribution in [2.24, 2.45) is 5.92 Å². The number of imide groups is 1. The van der Waals surface area contributed by atoms with Crippen molar-refractivity contribution < 1.29 is 44.4 Å². The lowest BCUT2D eigenvalue weighted by molar-refractivity contribution is -0.134. The normalized spacial score (nSPS) is 19.7. The summed E-state index contributed by atoms with van der Waals surface area (Å²) in [5.41, 5.74) is 0.756. The average Bonchev–Trinajstić information content (AvgIpc) is 3.24. The Hall–Kier alpha value is -5.94. The number of carbonyl (C=O) groups is 3. The first-order chi connectivity index (χ1) is 39.8. The number of allylic oxidation sites excluding steroid dienone is 1. The van der Waals surface area contributed by atoms with Gasteiger partial charge in [-0.15, -0.1) is 11.8 Å². The number of alkyl halides is 3. The lowest BCUT2D eigenvalue weighted by atomic mass is 9.90. The van der Waals surface area contributed by atoms with Crippen LogP contribution in [0.1, 0.15) is 78.8 Å². The van der Waals surface area contributed by atoms with Crippen LogP contribution in [0.15, 0.2) is 142 Å². The maximum atomic E-state index is 14.5. The molecule has 83 heavy (non-hydrogen) atoms. The van der Waals surface area contributed by atoms with Gasteiger partial charge in [0.1, 0.15) is 4.90 Å². The fourth-order valence-electron chi connectivity index (χ4n) is 11.8. The summed E-state index contributed by atoms with van der Waals surface area (Å²) < 4.78 is 99.6. The molecule has 0 aromatic heterocycles. The number of halogens is 4. The Kier molecular flexibility index (Phi) is 19.2. The van der Waals surface area contributed by atoms with Crippen LogP contribution in [0.25, 0.3) is 5.57 Å². The van der Waals surface area contributed by atoms with E-state index in [1.165, 1.54) is 47.0 Å². The van der Waals surface area contributed by atoms with Gasteiger partial charge in [0.05, 0.1) is 16.5 Å². The van der Waals surface area contributed by atoms with Gasteiger partial charge in [0, 0.05) is 136 Å². The fraction of sp³-hybridized carbons (Fsp3) is 0.426. The minimum atomic E-state index is -6.11. The van der Waals surface area contributed by atoms with Crippen LogP contribution < -0.4 is 25.2 Å². The van der Waals surface area contributed by atoms with E-state index in [4.69, 9.17) is 11.6 Å². The summed E-state index contributed by atoms with van der Waals surface area (Å²) in [6.45, 7) is 10.5. The number of thioether (sulfide) groups is 1. The maximum absolute atomic E-state index is 14.5. The number of nitrogens with zero attached hydrogens (tertiary/aromatic N) is 5. The van der Waals surface area contributed by atoms with Gasteiger partial charge in [0.15, 0.2) is 0 Å². The molecule has 2 atom stereocenters. The van der Waals surface area contributed by atoms with Crippen molar-refractivity contribution in [1.82, 2.24) is 24.7 Å². The number of hydrogen-bond donors (Lipinski definition) is 3. The summed E-state index contributed by atoms with van der Waals surface area (Å²) in [6.07, 6.45) is 6.89. The highest BCUT2D eigenvalue weighted by Gasteiger charge is 2.48. The molecule has 0 saturated carbocycles. The molecular formula is C61H70ClF3N8O7S3. The number of amides is 3. The molecule has 442 valence electrons. The first-order valence-corrected chi connectivity index (χ1v) is 32.8. The zero-order valence-electron chi connectivity index (χ0n) is 46.2. The van der Waals surface area contributed by atoms with Crippen molar-refractivity contribution in [1.29, 1.82) is 0 Å². The molecule has 0 radical (unpaired) electrons. The number of sulfone groups is 1. The molecule has 22 heteroatoms. The summed E-state index contributed by atoms with van der Waals surface area (Å²) in [7, 11) is -11.0. The van der Waals surface area contributed by atoms with Crippen LogP contribution in [-0.2, 0) is 29.4 Å². The highest BCUT2D eigenvalue weighted by molar-refractivity contribution is 7.99. The van der Waals surface area contributed by atoms with Crippen LogP contribution in [0, 0.1) is 5.92 Å². The first kappa shape index (κ1) is 60.2. The Morgan fingerprint density at radius 1 is 0.723 bits per heavy atom. The fourth-order valence-corrected chi connectivity index (χ4v) is 14.9. The summed E-state index contributed by atoms with van der Waals surface area (Å²) >= 11 is 7.66. The second-order valence-electron chi connectivity index (χ2n) is 22.3. The number of rotatable bonds is 20. The van der Waals surface area contributed by atoms with E-state index in [0.717, 1.165) is 138 Å². The van der Waals surface area contributed by atoms with Gasteiger partial charge in [-0.05, 0) is 134 Å². The zero-order valence-corrected chi connectivity index (χ0v) is 49.4. The molecular weight excluding hydrogens is 1150 g/mol. The van der Waals surface area contributed by atoms with Gasteiger partial charge in [0.25, 0.3) is 25.8 Å². The van der Waals surface area contributed by atoms with Gasteiger partial charge in [0.2, 0.25) is 11.8 Å². The van der Waals surface area contributed by atoms with Crippen molar-refractivity contribution in [3.63, 3.8) is 0 Å². The predicted octanol–water partition coefficient (Wildman–Crippen LogP) is 9.53. The molecule has 0 spiro atoms. The molecule has 5 aliphatic rings. The van der Waals surface area contributed by atoms with Crippen LogP contribution in [-0.4, -0.2) is 152 Å². The van der Waals surface area contributed by atoms with Gasteiger partial charge in [-0.25, -0.2) is 21.6 Å². The minimum Gasteiger partial charge on any atom is -0.380 e. The molecule has 4 aliphatic heterocycles. The summed E-state index contributed by atoms with van der Waals surface area (Å²) in [4.78, 5) is 48.0. The minimum absolute atomic E-state index is 0.00754. The standard InChI is InChI=1S/C61H70ClF3N8O7S3/c62-48-17-11-44(12-18-48)54-10-6-1-3-7-47(54)41-71-33-35-72(36-34-71)50-21-15-46(16-22-50)59(75)68-83(79,80)53-23-25-56(57(37-53)82(77,78)61(63,64)65)66-49(42-81-52-8-4-2-5-9-52)27-28-69-29-31-70(32-30-69)38-43-39-73(40-43)51-19-13-45(14-20-51)55-24-26-58(74)67-60(55)76/h2,4-5,8-9,11-23,25,37,43,49,55,66H,1,3,6-7,10,24,26-36,38-42H2,(H,68,75)(H,67,74,76). The molecule has 4 saturated heterocycles. The molecule has 15 nitrogen and oxygen atoms in total. The van der Waals surface area contributed by atoms with Gasteiger partial charge in [-0.1, -0.05) is 66.1 Å². The van der Waals surface area contributed by atoms with Gasteiger partial charge < -0.3 is 24.9 Å². The van der Waals surface area contributed by atoms with E-state index < -0.39 is 52.8 Å². The molecule has 1 aliphatic carbocycles. The Bertz CT molecular complexity index is 3360. The SMILES string of the molecule is O=C1CCC(c2ccc(N3CC(CN4CCN(CCC(CSc5ccccc5)Nc5ccc(S(=O)(=O)NC(=O)c6ccc(N7CCN(CC8=C(c9ccc(Cl)cc9)CCCCC8)CC7)cc6)cc5S(=O)(=O)C(F)(F)F)CC4)C3)cc2)C(=O)N1. The molecule has 2 unspecified atom stereocenters. The van der Waals surface area contributed by atoms with E-state index in [0.29, 0.717) is 48.6 Å². The van der Waals surface area contributed by atoms with Gasteiger partial charge in [-0.3, -0.25) is 24.6 Å². The monoisotopic (exact) mass is 1210 g/mol. The second-order valence-corrected chi connectivity index (χ2v) is 27.4. The van der Waals surface area contributed by atoms with Crippen molar-refractivity contribution in [3.8, 4) is 0 Å². The third-order valence-corrected chi connectivity index (χ3v) is 20.9. The summed E-state index contributed by atoms with van der Waals surface area (Å²) in [6, 6.07) is 33.9. The molecule has 4 heterocycles. The van der Waals surface area contributed by atoms with E-state index in [1.54, 1.807) is 12.1 Å². The molecule has 4 fully saturated rings. The molecule has 5 aromatic rings. The number of nitrogens with one attached hydrogen (secondary N) is 3. The van der Waals surface area contributed by atoms with E-state index >= 15 is 0 Å². The summed E-state index contributed by atoms with van der Waals surface area (Å²) in [5, 5.41) is 6.21. The molecule has 5 aromatic carbocycles. The van der Waals surface area contributed by atoms with Crippen LogP contribution in [0.2, 0.25) is 5.02 Å². The highest BCUT2D eigenvalue weighted by atomic mass is 35.5. The smallest absolute Gasteiger partial charge is 0.380 e. The maximum Gasteiger partial charge on any atom is 0.501 e. The number of piperazine rings is 2. The van der Waals surface area contributed by atoms with Crippen LogP contribution >= 0.6 is 23.4 Å². The Labute approximate surface area is 493 Å². The number of carbonyl (C=O) groups excluding carboxylic acids is 3. The molecule has 3 N–H and O–H groups in total. The Morgan fingerprint density at radius 2 is 1.37 bits per heavy atom. The Balaban J connectivity index is 0.741. The van der Waals surface area contributed by atoms with E-state index in [-0.39, 0.29) is 23.3 Å². The topological polar surface area (TPSA) is 172 Å². The number of hydrogen-bond acceptors (Lipinski definition) is 14. The molecule has 3 amide bonds.